The molecule has 0 saturated carbocycles. The van der Waals surface area contributed by atoms with Crippen LogP contribution >= 0.6 is 11.8 Å². The first-order chi connectivity index (χ1) is 11.1. The van der Waals surface area contributed by atoms with Gasteiger partial charge in [-0.15, -0.1) is 11.8 Å². The molecular weight excluding hydrogens is 310 g/mol. The number of thioether (sulfide) groups is 1. The number of aliphatic imine (C=N–C) groups is 1. The molecule has 3 rings (SSSR count). The molecular formula is C17H13N3O2S. The van der Waals surface area contributed by atoms with Gasteiger partial charge in [-0.1, -0.05) is 6.07 Å². The molecule has 0 aromatic heterocycles. The number of nitrogens with one attached hydrogen (secondary N) is 1. The molecule has 2 aromatic rings. The Bertz CT molecular complexity index is 823. The van der Waals surface area contributed by atoms with Crippen molar-refractivity contribution in [1.82, 2.24) is 0 Å². The minimum absolute atomic E-state index is 0.124. The van der Waals surface area contributed by atoms with E-state index in [1.165, 1.54) is 11.8 Å². The highest BCUT2D eigenvalue weighted by Crippen LogP contribution is 2.32. The molecule has 114 valence electrons. The lowest BCUT2D eigenvalue weighted by Crippen LogP contribution is -2.15. The molecule has 0 spiro atoms. The van der Waals surface area contributed by atoms with Gasteiger partial charge in [-0.2, -0.15) is 5.26 Å². The highest BCUT2D eigenvalue weighted by atomic mass is 32.2. The van der Waals surface area contributed by atoms with E-state index in [0.717, 1.165) is 16.3 Å². The highest BCUT2D eigenvalue weighted by molar-refractivity contribution is 8.14. The summed E-state index contributed by atoms with van der Waals surface area (Å²) in [5.74, 6) is 0.331. The Kier molecular flexibility index (Phi) is 4.31. The van der Waals surface area contributed by atoms with Gasteiger partial charge < -0.3 is 10.4 Å². The van der Waals surface area contributed by atoms with Crippen LogP contribution in [0.3, 0.4) is 0 Å². The Balaban J connectivity index is 1.54. The summed E-state index contributed by atoms with van der Waals surface area (Å²) in [5.41, 5.74) is 3.03. The van der Waals surface area contributed by atoms with Crippen molar-refractivity contribution >= 4 is 34.1 Å². The van der Waals surface area contributed by atoms with Gasteiger partial charge in [0, 0.05) is 18.2 Å². The van der Waals surface area contributed by atoms with E-state index in [4.69, 9.17) is 5.26 Å². The van der Waals surface area contributed by atoms with Crippen LogP contribution in [-0.2, 0) is 11.2 Å². The fraction of sp³-hybridized carbons (Fsp3) is 0.118. The lowest BCUT2D eigenvalue weighted by molar-refractivity contribution is -0.113. The van der Waals surface area contributed by atoms with Crippen molar-refractivity contribution in [1.29, 1.82) is 5.26 Å². The van der Waals surface area contributed by atoms with Gasteiger partial charge >= 0.3 is 0 Å². The van der Waals surface area contributed by atoms with Crippen molar-refractivity contribution in [3.8, 4) is 11.8 Å². The Labute approximate surface area is 137 Å². The van der Waals surface area contributed by atoms with E-state index in [1.54, 1.807) is 36.4 Å². The number of nitrogens with zero attached hydrogens (tertiary/aromatic N) is 2. The molecule has 0 fully saturated rings. The highest BCUT2D eigenvalue weighted by Gasteiger charge is 2.16. The summed E-state index contributed by atoms with van der Waals surface area (Å²) in [6, 6.07) is 13.9. The van der Waals surface area contributed by atoms with Crippen LogP contribution in [0.1, 0.15) is 11.1 Å². The standard InChI is InChI=1S/C17H13N3O2S/c18-9-11-1-4-13(5-2-11)19-16(22)10-23-17-7-12-3-6-14(21)8-15(12)20-17/h1-6,8,21H,7,10H2,(H,19,22). The summed E-state index contributed by atoms with van der Waals surface area (Å²) in [7, 11) is 0. The molecule has 0 unspecified atom stereocenters. The molecule has 1 aliphatic heterocycles. The Hall–Kier alpha value is -2.78. The quantitative estimate of drug-likeness (QED) is 0.908. The number of nitriles is 1. The maximum atomic E-state index is 12.0. The van der Waals surface area contributed by atoms with Crippen LogP contribution in [0.4, 0.5) is 11.4 Å². The number of benzene rings is 2. The van der Waals surface area contributed by atoms with Gasteiger partial charge in [0.1, 0.15) is 5.75 Å². The van der Waals surface area contributed by atoms with Crippen molar-refractivity contribution in [2.75, 3.05) is 11.1 Å². The summed E-state index contributed by atoms with van der Waals surface area (Å²) >= 11 is 1.39. The van der Waals surface area contributed by atoms with Gasteiger partial charge in [0.15, 0.2) is 0 Å². The van der Waals surface area contributed by atoms with E-state index in [0.29, 0.717) is 17.7 Å². The van der Waals surface area contributed by atoms with E-state index in [1.807, 2.05) is 12.1 Å². The summed E-state index contributed by atoms with van der Waals surface area (Å²) < 4.78 is 0. The second-order valence-corrected chi connectivity index (χ2v) is 6.07. The zero-order chi connectivity index (χ0) is 16.2. The number of amides is 1. The molecule has 1 amide bonds. The minimum atomic E-state index is -0.124. The second-order valence-electron chi connectivity index (χ2n) is 5.02. The largest absolute Gasteiger partial charge is 0.508 e. The topological polar surface area (TPSA) is 85.5 Å². The average molecular weight is 323 g/mol. The van der Waals surface area contributed by atoms with E-state index in [-0.39, 0.29) is 17.4 Å². The summed E-state index contributed by atoms with van der Waals surface area (Å²) in [5, 5.41) is 21.8. The molecule has 0 bridgehead atoms. The molecule has 2 N–H and O–H groups in total. The molecule has 5 nitrogen and oxygen atoms in total. The molecule has 0 radical (unpaired) electrons. The Morgan fingerprint density at radius 2 is 2.09 bits per heavy atom. The van der Waals surface area contributed by atoms with Crippen LogP contribution in [-0.4, -0.2) is 21.8 Å². The average Bonchev–Trinajstić information content (AvgIpc) is 2.95. The van der Waals surface area contributed by atoms with Crippen LogP contribution < -0.4 is 5.32 Å². The summed E-state index contributed by atoms with van der Waals surface area (Å²) in [4.78, 5) is 16.4. The zero-order valence-electron chi connectivity index (χ0n) is 12.1. The number of anilines is 1. The van der Waals surface area contributed by atoms with Gasteiger partial charge in [-0.25, -0.2) is 4.99 Å². The smallest absolute Gasteiger partial charge is 0.234 e. The zero-order valence-corrected chi connectivity index (χ0v) is 12.9. The number of hydrogen-bond donors (Lipinski definition) is 2. The number of aromatic hydroxyl groups is 1. The molecule has 1 heterocycles. The van der Waals surface area contributed by atoms with Crippen LogP contribution in [0.5, 0.6) is 5.75 Å². The molecule has 2 aromatic carbocycles. The predicted octanol–water partition coefficient (Wildman–Crippen LogP) is 3.22. The molecule has 0 saturated heterocycles. The first-order valence-corrected chi connectivity index (χ1v) is 7.95. The normalized spacial score (nSPS) is 12.2. The first-order valence-electron chi connectivity index (χ1n) is 6.96. The van der Waals surface area contributed by atoms with Crippen LogP contribution in [0.15, 0.2) is 47.5 Å². The van der Waals surface area contributed by atoms with Crippen molar-refractivity contribution in [2.45, 2.75) is 6.42 Å². The van der Waals surface area contributed by atoms with Gasteiger partial charge in [-0.3, -0.25) is 4.79 Å². The first kappa shape index (κ1) is 15.1. The Morgan fingerprint density at radius 1 is 1.30 bits per heavy atom. The van der Waals surface area contributed by atoms with Crippen molar-refractivity contribution in [3.05, 3.63) is 53.6 Å². The minimum Gasteiger partial charge on any atom is -0.508 e. The monoisotopic (exact) mass is 323 g/mol. The van der Waals surface area contributed by atoms with Crippen molar-refractivity contribution in [3.63, 3.8) is 0 Å². The third-order valence-electron chi connectivity index (χ3n) is 3.32. The fourth-order valence-electron chi connectivity index (χ4n) is 2.20. The number of fused-ring (bicyclic) bond motifs is 1. The van der Waals surface area contributed by atoms with E-state index < -0.39 is 0 Å². The third-order valence-corrected chi connectivity index (χ3v) is 4.30. The predicted molar refractivity (Wildman–Crippen MR) is 91.2 cm³/mol. The molecule has 6 heteroatoms. The Morgan fingerprint density at radius 3 is 2.83 bits per heavy atom. The lowest BCUT2D eigenvalue weighted by Gasteiger charge is -2.05. The molecule has 0 aliphatic carbocycles. The number of phenols is 1. The summed E-state index contributed by atoms with van der Waals surface area (Å²) in [6.45, 7) is 0. The number of phenolic OH excluding ortho intramolecular Hbond substituents is 1. The second kappa shape index (κ2) is 6.55. The van der Waals surface area contributed by atoms with Crippen LogP contribution in [0, 0.1) is 11.3 Å². The third kappa shape index (κ3) is 3.71. The van der Waals surface area contributed by atoms with E-state index in [2.05, 4.69) is 10.3 Å². The summed E-state index contributed by atoms with van der Waals surface area (Å²) in [6.07, 6.45) is 0.685. The van der Waals surface area contributed by atoms with Crippen LogP contribution in [0.25, 0.3) is 0 Å². The molecule has 23 heavy (non-hydrogen) atoms. The van der Waals surface area contributed by atoms with E-state index >= 15 is 0 Å². The van der Waals surface area contributed by atoms with Gasteiger partial charge in [0.2, 0.25) is 5.91 Å². The van der Waals surface area contributed by atoms with Crippen molar-refractivity contribution in [2.24, 2.45) is 4.99 Å². The fourth-order valence-corrected chi connectivity index (χ4v) is 2.99. The molecule has 0 atom stereocenters. The number of carbonyl (C=O) groups is 1. The lowest BCUT2D eigenvalue weighted by atomic mass is 10.1. The van der Waals surface area contributed by atoms with E-state index in [9.17, 15) is 9.90 Å². The molecule has 1 aliphatic rings. The van der Waals surface area contributed by atoms with Crippen LogP contribution in [0.2, 0.25) is 0 Å². The van der Waals surface area contributed by atoms with Gasteiger partial charge in [-0.05, 0) is 35.9 Å². The van der Waals surface area contributed by atoms with Gasteiger partial charge in [0.05, 0.1) is 28.1 Å². The number of rotatable bonds is 3. The maximum absolute atomic E-state index is 12.0. The SMILES string of the molecule is N#Cc1ccc(NC(=O)CSC2=Nc3cc(O)ccc3C2)cc1. The number of carbonyl (C=O) groups excluding carboxylic acids is 1. The van der Waals surface area contributed by atoms with Crippen molar-refractivity contribution < 1.29 is 9.90 Å². The number of hydrogen-bond acceptors (Lipinski definition) is 5. The maximum Gasteiger partial charge on any atom is 0.234 e. The van der Waals surface area contributed by atoms with Gasteiger partial charge in [0.25, 0.3) is 0 Å².